The van der Waals surface area contributed by atoms with Gasteiger partial charge in [0.25, 0.3) is 0 Å². The number of sulfonamides is 1. The highest BCUT2D eigenvalue weighted by Crippen LogP contribution is 2.33. The van der Waals surface area contributed by atoms with Crippen LogP contribution >= 0.6 is 0 Å². The molecule has 1 atom stereocenters. The number of piperidine rings is 1. The fourth-order valence-corrected chi connectivity index (χ4v) is 5.21. The number of ether oxygens (including phenoxy) is 1. The summed E-state index contributed by atoms with van der Waals surface area (Å²) in [7, 11) is -3.50. The van der Waals surface area contributed by atoms with Crippen molar-refractivity contribution >= 4 is 10.0 Å². The molecule has 2 fully saturated rings. The molecule has 2 heterocycles. The van der Waals surface area contributed by atoms with E-state index in [0.717, 1.165) is 18.5 Å². The van der Waals surface area contributed by atoms with Crippen LogP contribution in [0.4, 0.5) is 4.39 Å². The van der Waals surface area contributed by atoms with Gasteiger partial charge in [-0.25, -0.2) is 12.8 Å². The molecule has 2 aliphatic rings. The van der Waals surface area contributed by atoms with Crippen molar-refractivity contribution < 1.29 is 17.5 Å². The molecule has 0 amide bonds. The molecule has 0 spiro atoms. The Morgan fingerprint density at radius 3 is 2.65 bits per heavy atom. The van der Waals surface area contributed by atoms with E-state index in [2.05, 4.69) is 4.90 Å². The highest BCUT2D eigenvalue weighted by atomic mass is 32.2. The van der Waals surface area contributed by atoms with Crippen LogP contribution in [0.3, 0.4) is 0 Å². The molecule has 0 aliphatic carbocycles. The highest BCUT2D eigenvalue weighted by Gasteiger charge is 2.38. The number of hydrogen-bond donors (Lipinski definition) is 0. The molecule has 7 heteroatoms. The van der Waals surface area contributed by atoms with Crippen molar-refractivity contribution in [3.05, 3.63) is 29.8 Å². The van der Waals surface area contributed by atoms with Crippen LogP contribution in [0.1, 0.15) is 32.3 Å². The largest absolute Gasteiger partial charge is 0.379 e. The summed E-state index contributed by atoms with van der Waals surface area (Å²) >= 11 is 0. The number of likely N-dealkylation sites (tertiary alicyclic amines) is 1. The molecule has 0 N–H and O–H groups in total. The van der Waals surface area contributed by atoms with Gasteiger partial charge in [0.1, 0.15) is 5.67 Å². The third-order valence-corrected chi connectivity index (χ3v) is 7.39. The lowest BCUT2D eigenvalue weighted by Gasteiger charge is -2.40. The molecule has 5 nitrogen and oxygen atoms in total. The van der Waals surface area contributed by atoms with Crippen LogP contribution < -0.4 is 0 Å². The Labute approximate surface area is 156 Å². The molecular formula is C19H29FN2O3S. The first-order valence-electron chi connectivity index (χ1n) is 9.39. The van der Waals surface area contributed by atoms with Crippen LogP contribution in [0.5, 0.6) is 0 Å². The lowest BCUT2D eigenvalue weighted by molar-refractivity contribution is 0.00490. The molecule has 0 aromatic heterocycles. The summed E-state index contributed by atoms with van der Waals surface area (Å²) in [5, 5.41) is 0. The first-order chi connectivity index (χ1) is 12.3. The van der Waals surface area contributed by atoms with Crippen LogP contribution in [-0.4, -0.2) is 62.7 Å². The smallest absolute Gasteiger partial charge is 0.243 e. The van der Waals surface area contributed by atoms with E-state index in [-0.39, 0.29) is 5.92 Å². The highest BCUT2D eigenvalue weighted by molar-refractivity contribution is 7.89. The van der Waals surface area contributed by atoms with Crippen molar-refractivity contribution in [2.75, 3.05) is 39.4 Å². The average Bonchev–Trinajstić information content (AvgIpc) is 2.63. The van der Waals surface area contributed by atoms with Crippen molar-refractivity contribution in [1.82, 2.24) is 9.21 Å². The van der Waals surface area contributed by atoms with E-state index in [1.54, 1.807) is 18.2 Å². The Bertz CT molecular complexity index is 719. The van der Waals surface area contributed by atoms with Crippen LogP contribution in [-0.2, 0) is 21.3 Å². The molecule has 0 bridgehead atoms. The zero-order valence-corrected chi connectivity index (χ0v) is 16.5. The minimum absolute atomic E-state index is 0.0154. The predicted molar refractivity (Wildman–Crippen MR) is 99.2 cm³/mol. The summed E-state index contributed by atoms with van der Waals surface area (Å²) in [6.07, 6.45) is 1.44. The van der Waals surface area contributed by atoms with Crippen molar-refractivity contribution in [3.63, 3.8) is 0 Å². The number of hydrogen-bond acceptors (Lipinski definition) is 4. The molecule has 1 aromatic carbocycles. The lowest BCUT2D eigenvalue weighted by Crippen LogP contribution is -2.47. The Kier molecular flexibility index (Phi) is 6.01. The Morgan fingerprint density at radius 1 is 1.23 bits per heavy atom. The second-order valence-corrected chi connectivity index (χ2v) is 9.61. The third-order valence-electron chi connectivity index (χ3n) is 5.50. The predicted octanol–water partition coefficient (Wildman–Crippen LogP) is 2.67. The summed E-state index contributed by atoms with van der Waals surface area (Å²) in [5.41, 5.74) is -0.247. The quantitative estimate of drug-likeness (QED) is 0.783. The Morgan fingerprint density at radius 2 is 1.96 bits per heavy atom. The second-order valence-electron chi connectivity index (χ2n) is 7.67. The van der Waals surface area contributed by atoms with Crippen LogP contribution in [0.15, 0.2) is 29.2 Å². The van der Waals surface area contributed by atoms with Gasteiger partial charge in [-0.15, -0.1) is 0 Å². The summed E-state index contributed by atoms with van der Waals surface area (Å²) in [4.78, 5) is 2.41. The van der Waals surface area contributed by atoms with Gasteiger partial charge in [0, 0.05) is 26.2 Å². The standard InChI is InChI=1S/C19H29FN2O3S/c1-16(2)19(20)7-4-8-21(15-19)14-17-5-3-6-18(13-17)26(23,24)22-9-11-25-12-10-22/h3,5-6,13,16H,4,7-12,14-15H2,1-2H3. The van der Waals surface area contributed by atoms with Crippen LogP contribution in [0, 0.1) is 5.92 Å². The van der Waals surface area contributed by atoms with E-state index in [1.807, 2.05) is 19.9 Å². The molecule has 146 valence electrons. The maximum Gasteiger partial charge on any atom is 0.243 e. The van der Waals surface area contributed by atoms with Gasteiger partial charge in [-0.2, -0.15) is 4.31 Å². The molecule has 1 aromatic rings. The van der Waals surface area contributed by atoms with Gasteiger partial charge in [0.05, 0.1) is 18.1 Å². The zero-order chi connectivity index (χ0) is 18.8. The maximum absolute atomic E-state index is 15.0. The summed E-state index contributed by atoms with van der Waals surface area (Å²) in [6, 6.07) is 7.06. The second kappa shape index (κ2) is 7.92. The van der Waals surface area contributed by atoms with Crippen molar-refractivity contribution in [1.29, 1.82) is 0 Å². The minimum atomic E-state index is -3.50. The van der Waals surface area contributed by atoms with Gasteiger partial charge in [-0.1, -0.05) is 26.0 Å². The third kappa shape index (κ3) is 4.27. The first-order valence-corrected chi connectivity index (χ1v) is 10.8. The summed E-state index contributed by atoms with van der Waals surface area (Å²) in [5.74, 6) is -0.0154. The van der Waals surface area contributed by atoms with Gasteiger partial charge < -0.3 is 4.74 Å². The van der Waals surface area contributed by atoms with Gasteiger partial charge in [-0.3, -0.25) is 4.90 Å². The molecular weight excluding hydrogens is 355 g/mol. The molecule has 3 rings (SSSR count). The van der Waals surface area contributed by atoms with Gasteiger partial charge >= 0.3 is 0 Å². The van der Waals surface area contributed by atoms with E-state index in [9.17, 15) is 8.42 Å². The SMILES string of the molecule is CC(C)C1(F)CCCN(Cc2cccc(S(=O)(=O)N3CCOCC3)c2)C1. The number of alkyl halides is 1. The first kappa shape index (κ1) is 19.7. The number of halogens is 1. The molecule has 2 saturated heterocycles. The summed E-state index contributed by atoms with van der Waals surface area (Å²) < 4.78 is 47.4. The monoisotopic (exact) mass is 384 g/mol. The Balaban J connectivity index is 1.73. The minimum Gasteiger partial charge on any atom is -0.379 e. The molecule has 2 aliphatic heterocycles. The number of morpholine rings is 1. The topological polar surface area (TPSA) is 49.9 Å². The van der Waals surface area contributed by atoms with Crippen molar-refractivity contribution in [2.45, 2.75) is 43.8 Å². The van der Waals surface area contributed by atoms with E-state index >= 15 is 4.39 Å². The fourth-order valence-electron chi connectivity index (χ4n) is 3.73. The molecule has 0 saturated carbocycles. The van der Waals surface area contributed by atoms with Gasteiger partial charge in [0.2, 0.25) is 10.0 Å². The van der Waals surface area contributed by atoms with E-state index < -0.39 is 15.7 Å². The van der Waals surface area contributed by atoms with Crippen molar-refractivity contribution in [2.24, 2.45) is 5.92 Å². The molecule has 1 unspecified atom stereocenters. The zero-order valence-electron chi connectivity index (χ0n) is 15.7. The van der Waals surface area contributed by atoms with Crippen molar-refractivity contribution in [3.8, 4) is 0 Å². The lowest BCUT2D eigenvalue weighted by atomic mass is 9.84. The summed E-state index contributed by atoms with van der Waals surface area (Å²) in [6.45, 7) is 7.32. The van der Waals surface area contributed by atoms with E-state index in [4.69, 9.17) is 4.74 Å². The normalized spacial score (nSPS) is 26.3. The number of benzene rings is 1. The van der Waals surface area contributed by atoms with E-state index in [0.29, 0.717) is 50.7 Å². The van der Waals surface area contributed by atoms with E-state index in [1.165, 1.54) is 4.31 Å². The Hall–Kier alpha value is -1.02. The van der Waals surface area contributed by atoms with Gasteiger partial charge in [0.15, 0.2) is 0 Å². The molecule has 0 radical (unpaired) electrons. The maximum atomic E-state index is 15.0. The van der Waals surface area contributed by atoms with Crippen LogP contribution in [0.2, 0.25) is 0 Å². The average molecular weight is 385 g/mol. The number of nitrogens with zero attached hydrogens (tertiary/aromatic N) is 2. The van der Waals surface area contributed by atoms with Gasteiger partial charge in [-0.05, 0) is 43.0 Å². The fraction of sp³-hybridized carbons (Fsp3) is 0.684. The number of rotatable bonds is 5. The molecule has 26 heavy (non-hydrogen) atoms. The van der Waals surface area contributed by atoms with Crippen LogP contribution in [0.25, 0.3) is 0 Å².